The molecule has 0 spiro atoms. The summed E-state index contributed by atoms with van der Waals surface area (Å²) in [5.41, 5.74) is 3.07. The lowest BCUT2D eigenvalue weighted by Gasteiger charge is -2.11. The minimum atomic E-state index is -4.55. The van der Waals surface area contributed by atoms with Crippen molar-refractivity contribution in [3.63, 3.8) is 0 Å². The van der Waals surface area contributed by atoms with E-state index in [1.54, 1.807) is 19.2 Å². The average molecular weight is 531 g/mol. The topological polar surface area (TPSA) is 44.2 Å². The molecule has 0 aliphatic rings. The van der Waals surface area contributed by atoms with Crippen LogP contribution >= 0.6 is 0 Å². The molecule has 0 saturated heterocycles. The number of aromatic nitrogens is 2. The molecule has 0 amide bonds. The molecule has 9 heteroatoms. The molecule has 0 saturated carbocycles. The number of ether oxygens (including phenoxy) is 2. The molecular weight excluding hydrogens is 503 g/mol. The van der Waals surface area contributed by atoms with Crippen LogP contribution < -0.4 is 4.74 Å². The lowest BCUT2D eigenvalue weighted by Crippen LogP contribution is -2.19. The first kappa shape index (κ1) is 27.4. The van der Waals surface area contributed by atoms with Crippen LogP contribution in [0.5, 0.6) is 5.75 Å². The summed E-state index contributed by atoms with van der Waals surface area (Å²) in [6, 6.07) is 12.9. The molecule has 1 heterocycles. The number of fused-ring (bicyclic) bond motifs is 1. The van der Waals surface area contributed by atoms with E-state index in [0.29, 0.717) is 48.8 Å². The molecular formula is C29H27F5N2O2. The quantitative estimate of drug-likeness (QED) is 0.205. The number of methoxy groups -OCH3 is 1. The summed E-state index contributed by atoms with van der Waals surface area (Å²) in [4.78, 5) is 8.81. The second kappa shape index (κ2) is 12.3. The van der Waals surface area contributed by atoms with Crippen LogP contribution in [0, 0.1) is 11.6 Å². The normalized spacial score (nSPS) is 11.7. The summed E-state index contributed by atoms with van der Waals surface area (Å²) in [7, 11) is 1.65. The second-order valence-electron chi connectivity index (χ2n) is 9.01. The van der Waals surface area contributed by atoms with Crippen molar-refractivity contribution < 1.29 is 31.4 Å². The van der Waals surface area contributed by atoms with Crippen molar-refractivity contribution in [2.24, 2.45) is 0 Å². The van der Waals surface area contributed by atoms with Gasteiger partial charge in [-0.15, -0.1) is 0 Å². The Bertz CT molecular complexity index is 1370. The van der Waals surface area contributed by atoms with Crippen LogP contribution in [-0.4, -0.2) is 36.5 Å². The fourth-order valence-electron chi connectivity index (χ4n) is 4.11. The Hall–Kier alpha value is -3.59. The smallest absolute Gasteiger partial charge is 0.422 e. The van der Waals surface area contributed by atoms with E-state index in [2.05, 4.69) is 14.7 Å². The molecule has 4 rings (SSSR count). The van der Waals surface area contributed by atoms with Crippen LogP contribution in [0.1, 0.15) is 28.1 Å². The van der Waals surface area contributed by atoms with Crippen LogP contribution in [-0.2, 0) is 36.8 Å². The van der Waals surface area contributed by atoms with Crippen molar-refractivity contribution in [2.45, 2.75) is 38.3 Å². The fraction of sp³-hybridized carbons (Fsp3) is 0.310. The van der Waals surface area contributed by atoms with Crippen LogP contribution in [0.15, 0.2) is 60.9 Å². The fourth-order valence-corrected chi connectivity index (χ4v) is 4.11. The second-order valence-corrected chi connectivity index (χ2v) is 9.01. The molecule has 1 aromatic heterocycles. The van der Waals surface area contributed by atoms with E-state index in [-0.39, 0.29) is 5.82 Å². The third kappa shape index (κ3) is 7.47. The number of nitrogens with zero attached hydrogens (tertiary/aromatic N) is 2. The van der Waals surface area contributed by atoms with Crippen LogP contribution in [0.2, 0.25) is 0 Å². The molecule has 0 fully saturated rings. The Morgan fingerprint density at radius 1 is 0.763 bits per heavy atom. The third-order valence-corrected chi connectivity index (χ3v) is 6.16. The molecule has 0 N–H and O–H groups in total. The summed E-state index contributed by atoms with van der Waals surface area (Å²) in [6.45, 7) is -0.947. The molecule has 0 radical (unpaired) electrons. The summed E-state index contributed by atoms with van der Waals surface area (Å²) >= 11 is 0. The van der Waals surface area contributed by atoms with Gasteiger partial charge in [-0.25, -0.2) is 18.7 Å². The summed E-state index contributed by atoms with van der Waals surface area (Å²) in [6.07, 6.45) is 1.83. The highest BCUT2D eigenvalue weighted by Gasteiger charge is 2.29. The van der Waals surface area contributed by atoms with Gasteiger partial charge in [-0.3, -0.25) is 0 Å². The van der Waals surface area contributed by atoms with Crippen molar-refractivity contribution in [1.82, 2.24) is 9.97 Å². The van der Waals surface area contributed by atoms with Gasteiger partial charge in [0.15, 0.2) is 18.2 Å². The van der Waals surface area contributed by atoms with Crippen LogP contribution in [0.4, 0.5) is 22.0 Å². The molecule has 4 nitrogen and oxygen atoms in total. The molecule has 0 aliphatic carbocycles. The van der Waals surface area contributed by atoms with Crippen molar-refractivity contribution in [2.75, 3.05) is 20.3 Å². The highest BCUT2D eigenvalue weighted by Crippen LogP contribution is 2.26. The number of benzene rings is 3. The monoisotopic (exact) mass is 530 g/mol. The zero-order valence-corrected chi connectivity index (χ0v) is 20.8. The van der Waals surface area contributed by atoms with Gasteiger partial charge >= 0.3 is 6.18 Å². The van der Waals surface area contributed by atoms with Crippen LogP contribution in [0.3, 0.4) is 0 Å². The maximum absolute atomic E-state index is 15.2. The summed E-state index contributed by atoms with van der Waals surface area (Å²) < 4.78 is 75.8. The Balaban J connectivity index is 1.37. The molecule has 0 unspecified atom stereocenters. The van der Waals surface area contributed by atoms with Crippen molar-refractivity contribution in [3.8, 4) is 5.75 Å². The molecule has 200 valence electrons. The van der Waals surface area contributed by atoms with E-state index >= 15 is 4.39 Å². The minimum absolute atomic E-state index is 0.309. The van der Waals surface area contributed by atoms with E-state index in [4.69, 9.17) is 4.74 Å². The predicted molar refractivity (Wildman–Crippen MR) is 134 cm³/mol. The summed E-state index contributed by atoms with van der Waals surface area (Å²) in [5, 5.41) is 1.27. The standard InChI is InChI=1S/C29H27F5N2O2/c1-37-13-12-21-16-35-27(36-17-21)11-5-19-3-9-24-23(14-19)8-7-22(28(24)31)6-2-20-4-10-26(25(30)15-20)38-18-29(32,33)34/h3-4,7-10,14-17H,2,5-6,11-13,18H2,1H3. The van der Waals surface area contributed by atoms with Gasteiger partial charge < -0.3 is 9.47 Å². The number of halogens is 5. The Kier molecular flexibility index (Phi) is 8.89. The van der Waals surface area contributed by atoms with Gasteiger partial charge in [0.1, 0.15) is 11.6 Å². The van der Waals surface area contributed by atoms with E-state index in [1.807, 2.05) is 30.6 Å². The molecule has 0 aliphatic heterocycles. The highest BCUT2D eigenvalue weighted by atomic mass is 19.4. The minimum Gasteiger partial charge on any atom is -0.481 e. The van der Waals surface area contributed by atoms with E-state index in [1.165, 1.54) is 6.07 Å². The van der Waals surface area contributed by atoms with Gasteiger partial charge in [0.05, 0.1) is 6.61 Å². The van der Waals surface area contributed by atoms with Gasteiger partial charge in [-0.1, -0.05) is 36.4 Å². The van der Waals surface area contributed by atoms with E-state index < -0.39 is 24.3 Å². The molecule has 3 aromatic carbocycles. The third-order valence-electron chi connectivity index (χ3n) is 6.16. The summed E-state index contributed by atoms with van der Waals surface area (Å²) in [5.74, 6) is -0.950. The van der Waals surface area contributed by atoms with Gasteiger partial charge in [-0.2, -0.15) is 13.2 Å². The SMILES string of the molecule is COCCc1cnc(CCc2ccc3c(F)c(CCc4ccc(OCC(F)(F)F)c(F)c4)ccc3c2)nc1. The van der Waals surface area contributed by atoms with Gasteiger partial charge in [-0.05, 0) is 65.5 Å². The maximum atomic E-state index is 15.2. The predicted octanol–water partition coefficient (Wildman–Crippen LogP) is 6.61. The number of alkyl halides is 3. The van der Waals surface area contributed by atoms with Crippen molar-refractivity contribution in [1.29, 1.82) is 0 Å². The number of hydrogen-bond acceptors (Lipinski definition) is 4. The molecule has 0 bridgehead atoms. The lowest BCUT2D eigenvalue weighted by atomic mass is 9.98. The van der Waals surface area contributed by atoms with Crippen molar-refractivity contribution >= 4 is 10.8 Å². The maximum Gasteiger partial charge on any atom is 0.422 e. The van der Waals surface area contributed by atoms with Crippen LogP contribution in [0.25, 0.3) is 10.8 Å². The van der Waals surface area contributed by atoms with Gasteiger partial charge in [0, 0.05) is 31.3 Å². The van der Waals surface area contributed by atoms with E-state index in [0.717, 1.165) is 40.9 Å². The first-order valence-corrected chi connectivity index (χ1v) is 12.2. The molecule has 38 heavy (non-hydrogen) atoms. The zero-order chi connectivity index (χ0) is 27.1. The molecule has 4 aromatic rings. The first-order valence-electron chi connectivity index (χ1n) is 12.2. The first-order chi connectivity index (χ1) is 18.2. The Morgan fingerprint density at radius 2 is 1.47 bits per heavy atom. The zero-order valence-electron chi connectivity index (χ0n) is 20.8. The number of hydrogen-bond donors (Lipinski definition) is 0. The largest absolute Gasteiger partial charge is 0.481 e. The van der Waals surface area contributed by atoms with Crippen molar-refractivity contribution in [3.05, 3.63) is 101 Å². The Morgan fingerprint density at radius 3 is 2.18 bits per heavy atom. The lowest BCUT2D eigenvalue weighted by molar-refractivity contribution is -0.153. The van der Waals surface area contributed by atoms with E-state index in [9.17, 15) is 17.6 Å². The number of aryl methyl sites for hydroxylation is 4. The highest BCUT2D eigenvalue weighted by molar-refractivity contribution is 5.84. The van der Waals surface area contributed by atoms with Gasteiger partial charge in [0.2, 0.25) is 0 Å². The number of rotatable bonds is 11. The Labute approximate surface area is 217 Å². The van der Waals surface area contributed by atoms with Gasteiger partial charge in [0.25, 0.3) is 0 Å². The average Bonchev–Trinajstić information content (AvgIpc) is 2.90. The molecule has 0 atom stereocenters.